The molecule has 4 rings (SSSR count). The Bertz CT molecular complexity index is 755. The third-order valence-corrected chi connectivity index (χ3v) is 3.49. The van der Waals surface area contributed by atoms with Gasteiger partial charge in [0.05, 0.1) is 0 Å². The molecule has 0 saturated carbocycles. The molecule has 1 atom stereocenters. The number of phenols is 1. The molecule has 2 aromatic carbocycles. The van der Waals surface area contributed by atoms with Gasteiger partial charge in [-0.25, -0.2) is 0 Å². The molecule has 1 aliphatic heterocycles. The monoisotopic (exact) mass is 280 g/mol. The van der Waals surface area contributed by atoms with Crippen molar-refractivity contribution in [3.8, 4) is 23.0 Å². The maximum absolute atomic E-state index is 9.29. The zero-order chi connectivity index (χ0) is 14.2. The average molecular weight is 280 g/mol. The molecule has 3 aromatic rings. The predicted octanol–water partition coefficient (Wildman–Crippen LogP) is 3.12. The molecule has 1 unspecified atom stereocenters. The lowest BCUT2D eigenvalue weighted by atomic mass is 10.1. The van der Waals surface area contributed by atoms with Crippen molar-refractivity contribution in [3.63, 3.8) is 0 Å². The number of fused-ring (bicyclic) bond motifs is 1. The van der Waals surface area contributed by atoms with Gasteiger partial charge in [-0.2, -0.15) is 4.98 Å². The lowest BCUT2D eigenvalue weighted by molar-refractivity contribution is 0.221. The fourth-order valence-electron chi connectivity index (χ4n) is 2.41. The zero-order valence-corrected chi connectivity index (χ0v) is 11.1. The molecular formula is C16H12N2O3. The quantitative estimate of drug-likeness (QED) is 0.781. The van der Waals surface area contributed by atoms with Crippen LogP contribution < -0.4 is 4.74 Å². The number of benzene rings is 2. The summed E-state index contributed by atoms with van der Waals surface area (Å²) in [6.45, 7) is 0. The van der Waals surface area contributed by atoms with E-state index in [2.05, 4.69) is 10.1 Å². The molecule has 0 bridgehead atoms. The first-order valence-electron chi connectivity index (χ1n) is 6.67. The summed E-state index contributed by atoms with van der Waals surface area (Å²) in [5, 5.41) is 13.3. The van der Waals surface area contributed by atoms with Gasteiger partial charge >= 0.3 is 0 Å². The van der Waals surface area contributed by atoms with Crippen molar-refractivity contribution in [2.75, 3.05) is 0 Å². The Kier molecular flexibility index (Phi) is 2.64. The van der Waals surface area contributed by atoms with Crippen LogP contribution in [0, 0.1) is 0 Å². The number of aromatic hydroxyl groups is 1. The number of rotatable bonds is 2. The molecule has 5 nitrogen and oxygen atoms in total. The molecule has 1 aliphatic rings. The van der Waals surface area contributed by atoms with Crippen molar-refractivity contribution >= 4 is 0 Å². The van der Waals surface area contributed by atoms with E-state index in [1.54, 1.807) is 24.3 Å². The van der Waals surface area contributed by atoms with Gasteiger partial charge in [0.15, 0.2) is 6.10 Å². The number of para-hydroxylation sites is 1. The molecule has 0 aliphatic carbocycles. The zero-order valence-electron chi connectivity index (χ0n) is 11.1. The van der Waals surface area contributed by atoms with Crippen LogP contribution in [0.4, 0.5) is 0 Å². The Morgan fingerprint density at radius 2 is 1.86 bits per heavy atom. The summed E-state index contributed by atoms with van der Waals surface area (Å²) in [4.78, 5) is 4.39. The van der Waals surface area contributed by atoms with Crippen LogP contribution in [0.3, 0.4) is 0 Å². The molecule has 2 heterocycles. The van der Waals surface area contributed by atoms with Gasteiger partial charge in [0, 0.05) is 12.0 Å². The second-order valence-electron chi connectivity index (χ2n) is 4.92. The van der Waals surface area contributed by atoms with E-state index in [9.17, 15) is 5.11 Å². The van der Waals surface area contributed by atoms with Crippen molar-refractivity contribution in [1.29, 1.82) is 0 Å². The van der Waals surface area contributed by atoms with Gasteiger partial charge in [0.2, 0.25) is 5.82 Å². The van der Waals surface area contributed by atoms with Crippen LogP contribution in [0.25, 0.3) is 11.5 Å². The highest BCUT2D eigenvalue weighted by Crippen LogP contribution is 2.35. The highest BCUT2D eigenvalue weighted by molar-refractivity contribution is 5.54. The van der Waals surface area contributed by atoms with Crippen LogP contribution >= 0.6 is 0 Å². The van der Waals surface area contributed by atoms with Gasteiger partial charge in [-0.1, -0.05) is 23.4 Å². The highest BCUT2D eigenvalue weighted by atomic mass is 16.5. The Balaban J connectivity index is 1.60. The Morgan fingerprint density at radius 1 is 1.05 bits per heavy atom. The van der Waals surface area contributed by atoms with E-state index in [1.165, 1.54) is 0 Å². The molecule has 5 heteroatoms. The molecule has 104 valence electrons. The highest BCUT2D eigenvalue weighted by Gasteiger charge is 2.28. The van der Waals surface area contributed by atoms with Gasteiger partial charge in [0.25, 0.3) is 5.89 Å². The van der Waals surface area contributed by atoms with Crippen molar-refractivity contribution in [1.82, 2.24) is 10.1 Å². The van der Waals surface area contributed by atoms with Crippen LogP contribution in [0.2, 0.25) is 0 Å². The van der Waals surface area contributed by atoms with E-state index < -0.39 is 0 Å². The van der Waals surface area contributed by atoms with Gasteiger partial charge in [-0.05, 0) is 35.9 Å². The molecule has 1 N–H and O–H groups in total. The van der Waals surface area contributed by atoms with Gasteiger partial charge < -0.3 is 14.4 Å². The fraction of sp³-hybridized carbons (Fsp3) is 0.125. The first-order valence-corrected chi connectivity index (χ1v) is 6.67. The van der Waals surface area contributed by atoms with Gasteiger partial charge in [0.1, 0.15) is 11.5 Å². The summed E-state index contributed by atoms with van der Waals surface area (Å²) in [5.74, 6) is 2.03. The average Bonchev–Trinajstić information content (AvgIpc) is 3.14. The molecule has 21 heavy (non-hydrogen) atoms. The molecule has 0 saturated heterocycles. The van der Waals surface area contributed by atoms with Crippen molar-refractivity contribution < 1.29 is 14.4 Å². The fourth-order valence-corrected chi connectivity index (χ4v) is 2.41. The lowest BCUT2D eigenvalue weighted by Crippen LogP contribution is -2.05. The van der Waals surface area contributed by atoms with E-state index in [0.717, 1.165) is 23.3 Å². The molecule has 1 aromatic heterocycles. The van der Waals surface area contributed by atoms with E-state index in [-0.39, 0.29) is 11.9 Å². The van der Waals surface area contributed by atoms with Crippen LogP contribution in [0.15, 0.2) is 53.1 Å². The number of nitrogens with zero attached hydrogens (tertiary/aromatic N) is 2. The van der Waals surface area contributed by atoms with E-state index in [4.69, 9.17) is 9.26 Å². The van der Waals surface area contributed by atoms with Gasteiger partial charge in [-0.3, -0.25) is 0 Å². The molecule has 0 fully saturated rings. The number of ether oxygens (including phenoxy) is 1. The lowest BCUT2D eigenvalue weighted by Gasteiger charge is -2.04. The molecular weight excluding hydrogens is 268 g/mol. The molecule has 0 radical (unpaired) electrons. The minimum Gasteiger partial charge on any atom is -0.508 e. The number of phenolic OH excluding ortho intramolecular Hbond substituents is 1. The maximum Gasteiger partial charge on any atom is 0.258 e. The van der Waals surface area contributed by atoms with Crippen LogP contribution in [0.5, 0.6) is 11.5 Å². The van der Waals surface area contributed by atoms with Crippen LogP contribution in [-0.2, 0) is 6.42 Å². The van der Waals surface area contributed by atoms with Crippen molar-refractivity contribution in [3.05, 3.63) is 59.9 Å². The van der Waals surface area contributed by atoms with E-state index in [0.29, 0.717) is 11.7 Å². The topological polar surface area (TPSA) is 68.4 Å². The number of aromatic nitrogens is 2. The predicted molar refractivity (Wildman–Crippen MR) is 74.9 cm³/mol. The van der Waals surface area contributed by atoms with Crippen molar-refractivity contribution in [2.24, 2.45) is 0 Å². The summed E-state index contributed by atoms with van der Waals surface area (Å²) >= 11 is 0. The van der Waals surface area contributed by atoms with Gasteiger partial charge in [-0.15, -0.1) is 0 Å². The van der Waals surface area contributed by atoms with Crippen LogP contribution in [-0.4, -0.2) is 15.2 Å². The second-order valence-corrected chi connectivity index (χ2v) is 4.92. The maximum atomic E-state index is 9.29. The minimum absolute atomic E-state index is 0.202. The summed E-state index contributed by atoms with van der Waals surface area (Å²) < 4.78 is 11.1. The normalized spacial score (nSPS) is 16.5. The molecule has 0 spiro atoms. The standard InChI is InChI=1S/C16H12N2O3/c19-12-7-5-10(6-8-12)16-17-15(18-21-16)14-9-11-3-1-2-4-13(11)20-14/h1-8,14,19H,9H2. The Labute approximate surface area is 120 Å². The smallest absolute Gasteiger partial charge is 0.258 e. The first-order chi connectivity index (χ1) is 10.3. The minimum atomic E-state index is -0.211. The second kappa shape index (κ2) is 4.63. The third kappa shape index (κ3) is 2.12. The van der Waals surface area contributed by atoms with Crippen LogP contribution in [0.1, 0.15) is 17.5 Å². The van der Waals surface area contributed by atoms with E-state index >= 15 is 0 Å². The number of hydrogen-bond acceptors (Lipinski definition) is 5. The summed E-state index contributed by atoms with van der Waals surface area (Å²) in [7, 11) is 0. The van der Waals surface area contributed by atoms with Crippen molar-refractivity contribution in [2.45, 2.75) is 12.5 Å². The summed E-state index contributed by atoms with van der Waals surface area (Å²) in [6.07, 6.45) is 0.530. The summed E-state index contributed by atoms with van der Waals surface area (Å²) in [6, 6.07) is 14.5. The Morgan fingerprint density at radius 3 is 2.67 bits per heavy atom. The Hall–Kier alpha value is -2.82. The largest absolute Gasteiger partial charge is 0.508 e. The molecule has 0 amide bonds. The third-order valence-electron chi connectivity index (χ3n) is 3.49. The number of hydrogen-bond donors (Lipinski definition) is 1. The first kappa shape index (κ1) is 12.0. The van der Waals surface area contributed by atoms with E-state index in [1.807, 2.05) is 24.3 Å². The SMILES string of the molecule is Oc1ccc(-c2nc(C3Cc4ccccc4O3)no2)cc1. The summed E-state index contributed by atoms with van der Waals surface area (Å²) in [5.41, 5.74) is 1.92.